The lowest BCUT2D eigenvalue weighted by molar-refractivity contribution is -0.275. The van der Waals surface area contributed by atoms with Crippen molar-refractivity contribution in [1.29, 1.82) is 0 Å². The highest BCUT2D eigenvalue weighted by atomic mass is 127. The van der Waals surface area contributed by atoms with Gasteiger partial charge in [0.15, 0.2) is 0 Å². The quantitative estimate of drug-likeness (QED) is 0.449. The van der Waals surface area contributed by atoms with E-state index in [0.717, 1.165) is 13.2 Å². The van der Waals surface area contributed by atoms with Gasteiger partial charge in [0.25, 0.3) is 5.88 Å². The van der Waals surface area contributed by atoms with Crippen LogP contribution >= 0.6 is 22.6 Å². The van der Waals surface area contributed by atoms with Crippen LogP contribution in [-0.2, 0) is 4.74 Å². The molecule has 1 aromatic rings. The van der Waals surface area contributed by atoms with Crippen molar-refractivity contribution in [1.82, 2.24) is 4.98 Å². The summed E-state index contributed by atoms with van der Waals surface area (Å²) in [7, 11) is 1.12. The fourth-order valence-corrected chi connectivity index (χ4v) is 1.72. The molecule has 19 heavy (non-hydrogen) atoms. The van der Waals surface area contributed by atoms with Crippen LogP contribution in [0.5, 0.6) is 11.6 Å². The number of rotatable bonds is 4. The van der Waals surface area contributed by atoms with E-state index in [4.69, 9.17) is 4.74 Å². The lowest BCUT2D eigenvalue weighted by atomic mass is 10.2. The normalized spacial score (nSPS) is 11.1. The standard InChI is InChI=1S/C10H9F3INO4/c1-3-18-9(16)5-4-6(14)15-8(17-2)7(5)19-10(11,12)13/h4H,3H2,1-2H3. The maximum absolute atomic E-state index is 12.3. The molecule has 0 spiro atoms. The first-order valence-corrected chi connectivity index (χ1v) is 6.03. The second-order valence-electron chi connectivity index (χ2n) is 3.10. The van der Waals surface area contributed by atoms with Gasteiger partial charge >= 0.3 is 12.3 Å². The molecule has 0 aromatic carbocycles. The van der Waals surface area contributed by atoms with Gasteiger partial charge in [-0.05, 0) is 35.6 Å². The van der Waals surface area contributed by atoms with E-state index in [2.05, 4.69) is 14.5 Å². The minimum Gasteiger partial charge on any atom is -0.478 e. The fourth-order valence-electron chi connectivity index (χ4n) is 1.19. The molecule has 1 heterocycles. The topological polar surface area (TPSA) is 57.7 Å². The molecule has 106 valence electrons. The van der Waals surface area contributed by atoms with Crippen molar-refractivity contribution < 1.29 is 32.2 Å². The van der Waals surface area contributed by atoms with Crippen molar-refractivity contribution in [3.63, 3.8) is 0 Å². The number of carbonyl (C=O) groups excluding carboxylic acids is 1. The van der Waals surface area contributed by atoms with Gasteiger partial charge in [-0.15, -0.1) is 13.2 Å². The number of hydrogen-bond acceptors (Lipinski definition) is 5. The van der Waals surface area contributed by atoms with Crippen LogP contribution in [0, 0.1) is 3.70 Å². The minimum absolute atomic E-state index is 0.0194. The number of alkyl halides is 3. The predicted molar refractivity (Wildman–Crippen MR) is 66.1 cm³/mol. The number of esters is 1. The number of hydrogen-bond donors (Lipinski definition) is 0. The Morgan fingerprint density at radius 3 is 2.58 bits per heavy atom. The van der Waals surface area contributed by atoms with Gasteiger partial charge < -0.3 is 14.2 Å². The largest absolute Gasteiger partial charge is 0.573 e. The first-order valence-electron chi connectivity index (χ1n) is 4.96. The summed E-state index contributed by atoms with van der Waals surface area (Å²) in [6.07, 6.45) is -4.97. The van der Waals surface area contributed by atoms with Gasteiger partial charge in [0.2, 0.25) is 5.75 Å². The zero-order valence-corrected chi connectivity index (χ0v) is 12.0. The Hall–Kier alpha value is -1.26. The van der Waals surface area contributed by atoms with E-state index in [1.54, 1.807) is 22.6 Å². The number of aromatic nitrogens is 1. The molecule has 9 heteroatoms. The molecule has 0 aliphatic heterocycles. The SMILES string of the molecule is CCOC(=O)c1cc(I)nc(OC)c1OC(F)(F)F. The van der Waals surface area contributed by atoms with Gasteiger partial charge in [-0.3, -0.25) is 0 Å². The van der Waals surface area contributed by atoms with Crippen molar-refractivity contribution in [2.45, 2.75) is 13.3 Å². The van der Waals surface area contributed by atoms with Gasteiger partial charge in [0, 0.05) is 0 Å². The Balaban J connectivity index is 3.33. The molecule has 0 aliphatic rings. The molecule has 0 radical (unpaired) electrons. The van der Waals surface area contributed by atoms with Crippen LogP contribution in [0.15, 0.2) is 6.07 Å². The first kappa shape index (κ1) is 15.8. The summed E-state index contributed by atoms with van der Waals surface area (Å²) in [5, 5.41) is 0. The van der Waals surface area contributed by atoms with E-state index in [1.807, 2.05) is 0 Å². The summed E-state index contributed by atoms with van der Waals surface area (Å²) >= 11 is 1.73. The van der Waals surface area contributed by atoms with Crippen molar-refractivity contribution in [2.75, 3.05) is 13.7 Å². The molecule has 0 fully saturated rings. The van der Waals surface area contributed by atoms with Gasteiger partial charge in [0.1, 0.15) is 9.26 Å². The van der Waals surface area contributed by atoms with Crippen LogP contribution in [0.4, 0.5) is 13.2 Å². The highest BCUT2D eigenvalue weighted by Gasteiger charge is 2.36. The Morgan fingerprint density at radius 1 is 1.47 bits per heavy atom. The lowest BCUT2D eigenvalue weighted by Crippen LogP contribution is -2.21. The number of nitrogens with zero attached hydrogens (tertiary/aromatic N) is 1. The van der Waals surface area contributed by atoms with Gasteiger partial charge in [-0.25, -0.2) is 9.78 Å². The molecular weight excluding hydrogens is 382 g/mol. The number of ether oxygens (including phenoxy) is 3. The molecule has 0 atom stereocenters. The van der Waals surface area contributed by atoms with Crippen molar-refractivity contribution in [3.8, 4) is 11.6 Å². The molecule has 0 saturated heterocycles. The zero-order chi connectivity index (χ0) is 14.6. The molecule has 0 saturated carbocycles. The third-order valence-electron chi connectivity index (χ3n) is 1.82. The van der Waals surface area contributed by atoms with E-state index in [1.165, 1.54) is 6.92 Å². The van der Waals surface area contributed by atoms with Crippen molar-refractivity contribution in [3.05, 3.63) is 15.3 Å². The summed E-state index contributed by atoms with van der Waals surface area (Å²) in [6.45, 7) is 1.55. The second kappa shape index (κ2) is 6.26. The summed E-state index contributed by atoms with van der Waals surface area (Å²) in [5.41, 5.74) is -0.393. The van der Waals surface area contributed by atoms with E-state index < -0.39 is 29.5 Å². The third kappa shape index (κ3) is 4.40. The fraction of sp³-hybridized carbons (Fsp3) is 0.400. The van der Waals surface area contributed by atoms with Crippen molar-refractivity contribution in [2.24, 2.45) is 0 Å². The molecule has 0 amide bonds. The summed E-state index contributed by atoms with van der Waals surface area (Å²) < 4.78 is 50.4. The van der Waals surface area contributed by atoms with Crippen LogP contribution in [-0.4, -0.2) is 31.0 Å². The van der Waals surface area contributed by atoms with Crippen LogP contribution in [0.1, 0.15) is 17.3 Å². The number of pyridine rings is 1. The minimum atomic E-state index is -4.97. The Kier molecular flexibility index (Phi) is 5.20. The molecule has 1 aromatic heterocycles. The summed E-state index contributed by atoms with van der Waals surface area (Å²) in [4.78, 5) is 15.3. The molecule has 0 aliphatic carbocycles. The number of methoxy groups -OCH3 is 1. The van der Waals surface area contributed by atoms with E-state index in [0.29, 0.717) is 0 Å². The van der Waals surface area contributed by atoms with Gasteiger partial charge in [-0.1, -0.05) is 0 Å². The molecule has 0 N–H and O–H groups in total. The monoisotopic (exact) mass is 391 g/mol. The Bertz CT molecular complexity index is 479. The average Bonchev–Trinajstić information content (AvgIpc) is 2.29. The smallest absolute Gasteiger partial charge is 0.478 e. The maximum Gasteiger partial charge on any atom is 0.573 e. The zero-order valence-electron chi connectivity index (χ0n) is 9.88. The third-order valence-corrected chi connectivity index (χ3v) is 2.37. The molecular formula is C10H9F3INO4. The predicted octanol–water partition coefficient (Wildman–Crippen LogP) is 2.77. The van der Waals surface area contributed by atoms with E-state index in [9.17, 15) is 18.0 Å². The Labute approximate surface area is 120 Å². The van der Waals surface area contributed by atoms with Crippen molar-refractivity contribution >= 4 is 28.6 Å². The van der Waals surface area contributed by atoms with Gasteiger partial charge in [-0.2, -0.15) is 0 Å². The van der Waals surface area contributed by atoms with E-state index in [-0.39, 0.29) is 10.3 Å². The molecule has 5 nitrogen and oxygen atoms in total. The lowest BCUT2D eigenvalue weighted by Gasteiger charge is -2.15. The summed E-state index contributed by atoms with van der Waals surface area (Å²) in [6, 6.07) is 1.13. The number of carbonyl (C=O) groups is 1. The van der Waals surface area contributed by atoms with Crippen LogP contribution in [0.2, 0.25) is 0 Å². The van der Waals surface area contributed by atoms with Gasteiger partial charge in [0.05, 0.1) is 13.7 Å². The highest BCUT2D eigenvalue weighted by Crippen LogP contribution is 2.35. The Morgan fingerprint density at radius 2 is 2.11 bits per heavy atom. The second-order valence-corrected chi connectivity index (χ2v) is 4.20. The van der Waals surface area contributed by atoms with Crippen LogP contribution in [0.3, 0.4) is 0 Å². The van der Waals surface area contributed by atoms with Crippen LogP contribution in [0.25, 0.3) is 0 Å². The van der Waals surface area contributed by atoms with E-state index >= 15 is 0 Å². The van der Waals surface area contributed by atoms with Crippen LogP contribution < -0.4 is 9.47 Å². The molecule has 1 rings (SSSR count). The molecule has 0 bridgehead atoms. The maximum atomic E-state index is 12.3. The highest BCUT2D eigenvalue weighted by molar-refractivity contribution is 14.1. The first-order chi connectivity index (χ1) is 8.78. The summed E-state index contributed by atoms with van der Waals surface area (Å²) in [5.74, 6) is -2.19. The molecule has 0 unspecified atom stereocenters. The average molecular weight is 391 g/mol. The number of halogens is 4.